The predicted octanol–water partition coefficient (Wildman–Crippen LogP) is 6.10. The fourth-order valence-corrected chi connectivity index (χ4v) is 2.56. The van der Waals surface area contributed by atoms with E-state index < -0.39 is 0 Å². The zero-order valence-corrected chi connectivity index (χ0v) is 14.1. The molecular weight excluding hydrogens is 254 g/mol. The van der Waals surface area contributed by atoms with Gasteiger partial charge in [-0.1, -0.05) is 57.9 Å². The molecule has 0 fully saturated rings. The Bertz CT molecular complexity index is 413. The van der Waals surface area contributed by atoms with Crippen LogP contribution in [0.15, 0.2) is 27.4 Å². The van der Waals surface area contributed by atoms with Gasteiger partial charge in [-0.25, -0.2) is 4.99 Å². The van der Waals surface area contributed by atoms with E-state index in [1.54, 1.807) is 0 Å². The lowest BCUT2D eigenvalue weighted by Crippen LogP contribution is -2.15. The molecule has 1 aliphatic heterocycles. The number of hydrogen-bond acceptors (Lipinski definition) is 1. The van der Waals surface area contributed by atoms with Gasteiger partial charge in [0.2, 0.25) is 0 Å². The van der Waals surface area contributed by atoms with Crippen LogP contribution >= 0.6 is 11.6 Å². The highest BCUT2D eigenvalue weighted by Gasteiger charge is 2.23. The van der Waals surface area contributed by atoms with Gasteiger partial charge in [0.1, 0.15) is 5.16 Å². The van der Waals surface area contributed by atoms with E-state index in [1.807, 2.05) is 0 Å². The van der Waals surface area contributed by atoms with Crippen LogP contribution in [-0.2, 0) is 0 Å². The third-order valence-electron chi connectivity index (χ3n) is 4.58. The molecule has 2 heteroatoms. The first kappa shape index (κ1) is 16.5. The molecule has 0 radical (unpaired) electrons. The smallest absolute Gasteiger partial charge is 0.128 e. The third-order valence-corrected chi connectivity index (χ3v) is 4.93. The number of halogens is 1. The van der Waals surface area contributed by atoms with Crippen LogP contribution < -0.4 is 0 Å². The van der Waals surface area contributed by atoms with Gasteiger partial charge in [0, 0.05) is 5.71 Å². The van der Waals surface area contributed by atoms with E-state index >= 15 is 0 Å². The zero-order valence-electron chi connectivity index (χ0n) is 13.3. The molecule has 0 amide bonds. The molecule has 0 aliphatic carbocycles. The molecular formula is C17H28ClN. The Kier molecular flexibility index (Phi) is 5.85. The van der Waals surface area contributed by atoms with Crippen LogP contribution in [0.2, 0.25) is 0 Å². The van der Waals surface area contributed by atoms with Crippen molar-refractivity contribution in [3.8, 4) is 0 Å². The van der Waals surface area contributed by atoms with E-state index in [1.165, 1.54) is 11.1 Å². The maximum atomic E-state index is 6.42. The lowest BCUT2D eigenvalue weighted by atomic mass is 9.77. The van der Waals surface area contributed by atoms with Gasteiger partial charge < -0.3 is 0 Å². The van der Waals surface area contributed by atoms with Gasteiger partial charge in [0.15, 0.2) is 0 Å². The summed E-state index contributed by atoms with van der Waals surface area (Å²) < 4.78 is 0. The Morgan fingerprint density at radius 2 is 2.00 bits per heavy atom. The fraction of sp³-hybridized carbons (Fsp3) is 0.706. The highest BCUT2D eigenvalue weighted by molar-refractivity contribution is 6.30. The first-order chi connectivity index (χ1) is 8.81. The van der Waals surface area contributed by atoms with Gasteiger partial charge >= 0.3 is 0 Å². The van der Waals surface area contributed by atoms with Crippen LogP contribution in [0, 0.1) is 11.3 Å². The Balaban J connectivity index is 3.23. The van der Waals surface area contributed by atoms with Gasteiger partial charge in [-0.05, 0) is 49.5 Å². The van der Waals surface area contributed by atoms with Crippen LogP contribution in [0.4, 0.5) is 0 Å². The maximum Gasteiger partial charge on any atom is 0.128 e. The molecule has 0 aromatic rings. The van der Waals surface area contributed by atoms with E-state index in [2.05, 4.69) is 52.6 Å². The molecule has 0 N–H and O–H groups in total. The second-order valence-electron chi connectivity index (χ2n) is 6.28. The van der Waals surface area contributed by atoms with Gasteiger partial charge in [0.05, 0.1) is 0 Å². The molecule has 0 saturated heterocycles. The van der Waals surface area contributed by atoms with Crippen molar-refractivity contribution in [3.05, 3.63) is 22.4 Å². The van der Waals surface area contributed by atoms with Gasteiger partial charge in [-0.2, -0.15) is 0 Å². The Morgan fingerprint density at radius 3 is 2.53 bits per heavy atom. The number of hydrogen-bond donors (Lipinski definition) is 0. The summed E-state index contributed by atoms with van der Waals surface area (Å²) in [4.78, 5) is 4.60. The van der Waals surface area contributed by atoms with Gasteiger partial charge in [-0.3, -0.25) is 0 Å². The Morgan fingerprint density at radius 1 is 1.37 bits per heavy atom. The van der Waals surface area contributed by atoms with Crippen molar-refractivity contribution in [3.63, 3.8) is 0 Å². The molecule has 19 heavy (non-hydrogen) atoms. The van der Waals surface area contributed by atoms with Crippen LogP contribution in [-0.4, -0.2) is 5.71 Å². The van der Waals surface area contributed by atoms with E-state index in [0.717, 1.165) is 31.4 Å². The summed E-state index contributed by atoms with van der Waals surface area (Å²) in [5, 5.41) is 0.714. The highest BCUT2D eigenvalue weighted by Crippen LogP contribution is 2.37. The number of nitrogens with zero attached hydrogens (tertiary/aromatic N) is 1. The van der Waals surface area contributed by atoms with Crippen molar-refractivity contribution in [2.24, 2.45) is 16.3 Å². The molecule has 1 aliphatic rings. The molecule has 108 valence electrons. The lowest BCUT2D eigenvalue weighted by Gasteiger charge is -2.28. The summed E-state index contributed by atoms with van der Waals surface area (Å²) in [7, 11) is 0. The molecule has 1 nitrogen and oxygen atoms in total. The van der Waals surface area contributed by atoms with E-state index in [0.29, 0.717) is 11.1 Å². The predicted molar refractivity (Wildman–Crippen MR) is 86.8 cm³/mol. The van der Waals surface area contributed by atoms with Crippen LogP contribution in [0.1, 0.15) is 67.2 Å². The average Bonchev–Trinajstić information content (AvgIpc) is 2.41. The molecule has 0 aromatic heterocycles. The Labute approximate surface area is 123 Å². The molecule has 0 saturated carbocycles. The molecule has 0 bridgehead atoms. The second-order valence-corrected chi connectivity index (χ2v) is 6.64. The molecule has 0 aromatic carbocycles. The Hall–Kier alpha value is -0.560. The van der Waals surface area contributed by atoms with Crippen molar-refractivity contribution in [2.45, 2.75) is 67.2 Å². The average molecular weight is 282 g/mol. The second kappa shape index (κ2) is 6.74. The van der Waals surface area contributed by atoms with E-state index in [-0.39, 0.29) is 5.41 Å². The van der Waals surface area contributed by atoms with Gasteiger partial charge in [-0.15, -0.1) is 0 Å². The molecule has 1 heterocycles. The fourth-order valence-electron chi connectivity index (χ4n) is 2.22. The van der Waals surface area contributed by atoms with Crippen molar-refractivity contribution < 1.29 is 0 Å². The maximum absolute atomic E-state index is 6.42. The number of rotatable bonds is 3. The highest BCUT2D eigenvalue weighted by atomic mass is 35.5. The van der Waals surface area contributed by atoms with Crippen molar-refractivity contribution >= 4 is 17.3 Å². The lowest BCUT2D eigenvalue weighted by molar-refractivity contribution is 0.416. The normalized spacial score (nSPS) is 28.9. The van der Waals surface area contributed by atoms with Crippen LogP contribution in [0.25, 0.3) is 0 Å². The molecule has 0 spiro atoms. The number of aliphatic imine (C=N–C) groups is 1. The summed E-state index contributed by atoms with van der Waals surface area (Å²) >= 11 is 6.42. The summed E-state index contributed by atoms with van der Waals surface area (Å²) in [5.74, 6) is 0.465. The summed E-state index contributed by atoms with van der Waals surface area (Å²) in [5.41, 5.74) is 4.17. The van der Waals surface area contributed by atoms with Crippen LogP contribution in [0.3, 0.4) is 0 Å². The number of allylic oxidation sites excluding steroid dienone is 3. The topological polar surface area (TPSA) is 12.4 Å². The van der Waals surface area contributed by atoms with E-state index in [4.69, 9.17) is 11.6 Å². The quantitative estimate of drug-likeness (QED) is 0.438. The van der Waals surface area contributed by atoms with E-state index in [9.17, 15) is 0 Å². The minimum Gasteiger partial charge on any atom is -0.246 e. The molecule has 1 atom stereocenters. The summed E-state index contributed by atoms with van der Waals surface area (Å²) in [6, 6.07) is 0. The minimum absolute atomic E-state index is 0.246. The molecule has 1 unspecified atom stereocenters. The van der Waals surface area contributed by atoms with Crippen molar-refractivity contribution in [1.29, 1.82) is 0 Å². The SMILES string of the molecule is CC/C1=C(\Cl)N=C(C)C(C)C/C=C(\C(C)(C)CC)C1. The largest absolute Gasteiger partial charge is 0.246 e. The first-order valence-corrected chi connectivity index (χ1v) is 7.81. The monoisotopic (exact) mass is 281 g/mol. The van der Waals surface area contributed by atoms with Crippen molar-refractivity contribution in [2.75, 3.05) is 0 Å². The molecule has 1 rings (SSSR count). The third kappa shape index (κ3) is 4.21. The zero-order chi connectivity index (χ0) is 14.6. The summed E-state index contributed by atoms with van der Waals surface area (Å²) in [6.07, 6.45) is 6.59. The minimum atomic E-state index is 0.246. The van der Waals surface area contributed by atoms with Crippen LogP contribution in [0.5, 0.6) is 0 Å². The van der Waals surface area contributed by atoms with Crippen molar-refractivity contribution in [1.82, 2.24) is 0 Å². The first-order valence-electron chi connectivity index (χ1n) is 7.44. The standard InChI is InChI=1S/C17H28ClN/c1-7-14-11-15(17(5,6)8-2)10-9-12(3)13(4)19-16(14)18/h10,12H,7-9,11H2,1-6H3/b15-10-,16-14-,19-13?. The summed E-state index contributed by atoms with van der Waals surface area (Å²) in [6.45, 7) is 13.4. The van der Waals surface area contributed by atoms with Gasteiger partial charge in [0.25, 0.3) is 0 Å².